The van der Waals surface area contributed by atoms with E-state index >= 15 is 0 Å². The van der Waals surface area contributed by atoms with Crippen LogP contribution in [0.5, 0.6) is 5.75 Å². The van der Waals surface area contributed by atoms with Gasteiger partial charge in [0.05, 0.1) is 9.49 Å². The maximum absolute atomic E-state index is 12.3. The molecule has 0 saturated carbocycles. The topological polar surface area (TPSA) is 77.8 Å². The largest absolute Gasteiger partial charge is 0.507 e. The summed E-state index contributed by atoms with van der Waals surface area (Å²) in [4.78, 5) is 24.9. The zero-order valence-electron chi connectivity index (χ0n) is 10.3. The van der Waals surface area contributed by atoms with Gasteiger partial charge in [-0.15, -0.1) is 0 Å². The maximum Gasteiger partial charge on any atom is 0.308 e. The molecule has 1 aliphatic rings. The van der Waals surface area contributed by atoms with E-state index in [0.717, 1.165) is 0 Å². The van der Waals surface area contributed by atoms with Crippen LogP contribution in [0.3, 0.4) is 0 Å². The van der Waals surface area contributed by atoms with Crippen LogP contribution in [0.2, 0.25) is 0 Å². The molecule has 0 bridgehead atoms. The van der Waals surface area contributed by atoms with Crippen molar-refractivity contribution in [3.05, 3.63) is 27.3 Å². The first-order chi connectivity index (χ1) is 8.91. The second kappa shape index (κ2) is 5.36. The highest BCUT2D eigenvalue weighted by Gasteiger charge is 2.38. The van der Waals surface area contributed by atoms with Crippen molar-refractivity contribution in [2.45, 2.75) is 19.4 Å². The van der Waals surface area contributed by atoms with Crippen LogP contribution in [0.15, 0.2) is 18.2 Å². The zero-order valence-corrected chi connectivity index (χ0v) is 12.5. The van der Waals surface area contributed by atoms with Gasteiger partial charge in [-0.25, -0.2) is 0 Å². The third-order valence-corrected chi connectivity index (χ3v) is 4.44. The minimum atomic E-state index is -0.867. The summed E-state index contributed by atoms with van der Waals surface area (Å²) in [6, 6.07) is 4.40. The second-order valence-corrected chi connectivity index (χ2v) is 5.80. The predicted octanol–water partition coefficient (Wildman–Crippen LogP) is 1.93. The normalized spacial score (nSPS) is 22.5. The summed E-state index contributed by atoms with van der Waals surface area (Å²) in [5, 5.41) is 18.7. The number of aromatic hydroxyl groups is 1. The molecule has 19 heavy (non-hydrogen) atoms. The lowest BCUT2D eigenvalue weighted by Crippen LogP contribution is -2.37. The van der Waals surface area contributed by atoms with Crippen molar-refractivity contribution in [2.75, 3.05) is 6.54 Å². The summed E-state index contributed by atoms with van der Waals surface area (Å²) in [6.45, 7) is 2.18. The van der Waals surface area contributed by atoms with Crippen molar-refractivity contribution in [3.8, 4) is 5.75 Å². The standard InChI is InChI=1S/C13H14INO4/c1-7-9(13(18)19)4-5-15(7)12(17)8-2-3-10(14)11(16)6-8/h2-3,6-7,9,16H,4-5H2,1H3,(H,18,19). The van der Waals surface area contributed by atoms with Crippen LogP contribution in [0, 0.1) is 9.49 Å². The van der Waals surface area contributed by atoms with Gasteiger partial charge in [-0.3, -0.25) is 9.59 Å². The van der Waals surface area contributed by atoms with Crippen molar-refractivity contribution in [3.63, 3.8) is 0 Å². The van der Waals surface area contributed by atoms with Gasteiger partial charge in [0.15, 0.2) is 0 Å². The number of nitrogens with zero attached hydrogens (tertiary/aromatic N) is 1. The number of amides is 1. The highest BCUT2D eigenvalue weighted by molar-refractivity contribution is 14.1. The summed E-state index contributed by atoms with van der Waals surface area (Å²) >= 11 is 1.98. The van der Waals surface area contributed by atoms with Gasteiger partial charge in [-0.2, -0.15) is 0 Å². The lowest BCUT2D eigenvalue weighted by atomic mass is 10.0. The number of carbonyl (C=O) groups is 2. The predicted molar refractivity (Wildman–Crippen MR) is 77.1 cm³/mol. The summed E-state index contributed by atoms with van der Waals surface area (Å²) in [5.41, 5.74) is 0.385. The number of hydrogen-bond acceptors (Lipinski definition) is 3. The number of aliphatic carboxylic acids is 1. The number of carboxylic acids is 1. The van der Waals surface area contributed by atoms with Crippen LogP contribution in [-0.2, 0) is 4.79 Å². The quantitative estimate of drug-likeness (QED) is 0.775. The molecule has 2 unspecified atom stereocenters. The molecule has 6 heteroatoms. The Morgan fingerprint density at radius 2 is 2.11 bits per heavy atom. The third-order valence-electron chi connectivity index (χ3n) is 3.53. The summed E-state index contributed by atoms with van der Waals surface area (Å²) < 4.78 is 0.673. The summed E-state index contributed by atoms with van der Waals surface area (Å²) in [5.74, 6) is -1.55. The molecule has 1 saturated heterocycles. The van der Waals surface area contributed by atoms with Gasteiger partial charge in [-0.05, 0) is 54.1 Å². The number of phenolic OH excluding ortho intramolecular Hbond substituents is 1. The van der Waals surface area contributed by atoms with E-state index in [4.69, 9.17) is 5.11 Å². The smallest absolute Gasteiger partial charge is 0.308 e. The first kappa shape index (κ1) is 14.1. The van der Waals surface area contributed by atoms with Crippen molar-refractivity contribution in [1.29, 1.82) is 0 Å². The van der Waals surface area contributed by atoms with Crippen LogP contribution in [0.4, 0.5) is 0 Å². The molecule has 1 aliphatic heterocycles. The average molecular weight is 375 g/mol. The zero-order chi connectivity index (χ0) is 14.2. The molecule has 1 aromatic carbocycles. The number of likely N-dealkylation sites (tertiary alicyclic amines) is 1. The molecule has 1 heterocycles. The van der Waals surface area contributed by atoms with Gasteiger partial charge < -0.3 is 15.1 Å². The first-order valence-corrected chi connectivity index (χ1v) is 7.02. The molecular formula is C13H14INO4. The Balaban J connectivity index is 2.21. The minimum Gasteiger partial charge on any atom is -0.507 e. The Morgan fingerprint density at radius 3 is 2.63 bits per heavy atom. The molecule has 0 spiro atoms. The van der Waals surface area contributed by atoms with E-state index in [1.807, 2.05) is 22.6 Å². The van der Waals surface area contributed by atoms with Crippen molar-refractivity contribution in [1.82, 2.24) is 4.90 Å². The van der Waals surface area contributed by atoms with Crippen LogP contribution in [-0.4, -0.2) is 39.6 Å². The second-order valence-electron chi connectivity index (χ2n) is 4.64. The Kier molecular flexibility index (Phi) is 3.98. The third kappa shape index (κ3) is 2.68. The number of rotatable bonds is 2. The van der Waals surface area contributed by atoms with Crippen LogP contribution >= 0.6 is 22.6 Å². The fourth-order valence-corrected chi connectivity index (χ4v) is 2.70. The molecular weight excluding hydrogens is 361 g/mol. The number of hydrogen-bond donors (Lipinski definition) is 2. The number of carbonyl (C=O) groups excluding carboxylic acids is 1. The van der Waals surface area contributed by atoms with Crippen molar-refractivity contribution >= 4 is 34.5 Å². The fraction of sp³-hybridized carbons (Fsp3) is 0.385. The highest BCUT2D eigenvalue weighted by Crippen LogP contribution is 2.27. The van der Waals surface area contributed by atoms with Gasteiger partial charge in [0.2, 0.25) is 0 Å². The molecule has 5 nitrogen and oxygen atoms in total. The van der Waals surface area contributed by atoms with E-state index in [9.17, 15) is 14.7 Å². The monoisotopic (exact) mass is 375 g/mol. The Bertz CT molecular complexity index is 531. The first-order valence-electron chi connectivity index (χ1n) is 5.94. The maximum atomic E-state index is 12.3. The molecule has 102 valence electrons. The fourth-order valence-electron chi connectivity index (χ4n) is 2.37. The van der Waals surface area contributed by atoms with E-state index in [-0.39, 0.29) is 17.7 Å². The van der Waals surface area contributed by atoms with Gasteiger partial charge in [0.25, 0.3) is 5.91 Å². The Labute approximate surface area is 124 Å². The molecule has 2 rings (SSSR count). The minimum absolute atomic E-state index is 0.0630. The SMILES string of the molecule is CC1C(C(=O)O)CCN1C(=O)c1ccc(I)c(O)c1. The van der Waals surface area contributed by atoms with Crippen LogP contribution < -0.4 is 0 Å². The number of phenols is 1. The number of benzene rings is 1. The molecule has 1 fully saturated rings. The molecule has 1 amide bonds. The molecule has 0 aliphatic carbocycles. The van der Waals surface area contributed by atoms with Gasteiger partial charge in [0.1, 0.15) is 5.75 Å². The number of carboxylic acid groups (broad SMARTS) is 1. The molecule has 2 N–H and O–H groups in total. The van der Waals surface area contributed by atoms with E-state index in [0.29, 0.717) is 22.1 Å². The molecule has 1 aromatic rings. The van der Waals surface area contributed by atoms with Gasteiger partial charge in [-0.1, -0.05) is 0 Å². The summed E-state index contributed by atoms with van der Waals surface area (Å²) in [6.07, 6.45) is 0.471. The lowest BCUT2D eigenvalue weighted by Gasteiger charge is -2.23. The molecule has 0 aromatic heterocycles. The van der Waals surface area contributed by atoms with E-state index in [1.54, 1.807) is 24.0 Å². The van der Waals surface area contributed by atoms with Gasteiger partial charge in [0, 0.05) is 18.2 Å². The van der Waals surface area contributed by atoms with E-state index < -0.39 is 11.9 Å². The Hall–Kier alpha value is -1.31. The Morgan fingerprint density at radius 1 is 1.42 bits per heavy atom. The van der Waals surface area contributed by atoms with Crippen LogP contribution in [0.25, 0.3) is 0 Å². The van der Waals surface area contributed by atoms with Gasteiger partial charge >= 0.3 is 5.97 Å². The average Bonchev–Trinajstić information content (AvgIpc) is 2.74. The van der Waals surface area contributed by atoms with Crippen molar-refractivity contribution in [2.24, 2.45) is 5.92 Å². The molecule has 2 atom stereocenters. The molecule has 0 radical (unpaired) electrons. The van der Waals surface area contributed by atoms with E-state index in [1.165, 1.54) is 6.07 Å². The lowest BCUT2D eigenvalue weighted by molar-refractivity contribution is -0.142. The summed E-state index contributed by atoms with van der Waals surface area (Å²) in [7, 11) is 0. The number of halogens is 1. The van der Waals surface area contributed by atoms with Crippen LogP contribution in [0.1, 0.15) is 23.7 Å². The van der Waals surface area contributed by atoms with E-state index in [2.05, 4.69) is 0 Å². The van der Waals surface area contributed by atoms with Crippen molar-refractivity contribution < 1.29 is 19.8 Å². The highest BCUT2D eigenvalue weighted by atomic mass is 127.